The Morgan fingerprint density at radius 1 is 1.13 bits per heavy atom. The maximum atomic E-state index is 11.7. The molecule has 0 saturated heterocycles. The van der Waals surface area contributed by atoms with Crippen molar-refractivity contribution in [2.45, 2.75) is 65.8 Å². The van der Waals surface area contributed by atoms with Gasteiger partial charge in [0.15, 0.2) is 0 Å². The van der Waals surface area contributed by atoms with Crippen molar-refractivity contribution in [3.8, 4) is 0 Å². The number of carbonyl (C=O) groups is 2. The molecule has 1 fully saturated rings. The Morgan fingerprint density at radius 3 is 2.26 bits per heavy atom. The van der Waals surface area contributed by atoms with E-state index in [2.05, 4.69) is 0 Å². The Kier molecular flexibility index (Phi) is 5.29. The molecule has 0 unspecified atom stereocenters. The second-order valence-corrected chi connectivity index (χ2v) is 6.35. The van der Waals surface area contributed by atoms with E-state index in [9.17, 15) is 14.7 Å². The van der Waals surface area contributed by atoms with Gasteiger partial charge in [-0.25, -0.2) is 9.86 Å². The van der Waals surface area contributed by atoms with E-state index < -0.39 is 11.9 Å². The minimum Gasteiger partial charge on any atom is -0.478 e. The van der Waals surface area contributed by atoms with E-state index in [1.807, 2.05) is 20.8 Å². The van der Waals surface area contributed by atoms with Gasteiger partial charge in [0.05, 0.1) is 17.3 Å². The van der Waals surface area contributed by atoms with Crippen LogP contribution in [0, 0.1) is 20.8 Å². The van der Waals surface area contributed by atoms with Crippen molar-refractivity contribution in [3.63, 3.8) is 0 Å². The van der Waals surface area contributed by atoms with E-state index in [1.165, 1.54) is 13.3 Å². The number of aryl methyl sites for hydroxylation is 1. The van der Waals surface area contributed by atoms with Crippen LogP contribution in [0.4, 0.5) is 5.69 Å². The van der Waals surface area contributed by atoms with Gasteiger partial charge in [-0.3, -0.25) is 4.79 Å². The lowest BCUT2D eigenvalue weighted by Gasteiger charge is -2.35. The van der Waals surface area contributed by atoms with Crippen LogP contribution in [0.2, 0.25) is 0 Å². The SMILES string of the molecule is CC(=O)ON(c1c(C(=O)O)cc(C)c(C)c1C)C1CCCCC1. The van der Waals surface area contributed by atoms with Gasteiger partial charge in [0.1, 0.15) is 0 Å². The fraction of sp³-hybridized carbons (Fsp3) is 0.556. The van der Waals surface area contributed by atoms with Gasteiger partial charge in [0.2, 0.25) is 0 Å². The third-order valence-corrected chi connectivity index (χ3v) is 4.71. The van der Waals surface area contributed by atoms with Gasteiger partial charge in [-0.05, 0) is 56.4 Å². The molecule has 5 nitrogen and oxygen atoms in total. The number of anilines is 1. The molecule has 5 heteroatoms. The van der Waals surface area contributed by atoms with Gasteiger partial charge in [0.25, 0.3) is 0 Å². The summed E-state index contributed by atoms with van der Waals surface area (Å²) >= 11 is 0. The van der Waals surface area contributed by atoms with Crippen molar-refractivity contribution in [2.24, 2.45) is 0 Å². The predicted octanol–water partition coefficient (Wildman–Crippen LogP) is 3.93. The van der Waals surface area contributed by atoms with Crippen LogP contribution in [0.5, 0.6) is 0 Å². The van der Waals surface area contributed by atoms with Gasteiger partial charge in [-0.15, -0.1) is 0 Å². The summed E-state index contributed by atoms with van der Waals surface area (Å²) in [6.07, 6.45) is 5.10. The smallest absolute Gasteiger partial charge is 0.337 e. The molecule has 1 aliphatic rings. The Morgan fingerprint density at radius 2 is 1.74 bits per heavy atom. The fourth-order valence-corrected chi connectivity index (χ4v) is 3.27. The normalized spacial score (nSPS) is 15.3. The molecular formula is C18H25NO4. The van der Waals surface area contributed by atoms with E-state index in [-0.39, 0.29) is 11.6 Å². The Labute approximate surface area is 137 Å². The summed E-state index contributed by atoms with van der Waals surface area (Å²) in [5.74, 6) is -1.43. The molecule has 0 aromatic heterocycles. The number of carbonyl (C=O) groups excluding carboxylic acids is 1. The molecule has 1 saturated carbocycles. The van der Waals surface area contributed by atoms with E-state index in [0.29, 0.717) is 5.69 Å². The van der Waals surface area contributed by atoms with E-state index in [4.69, 9.17) is 4.84 Å². The van der Waals surface area contributed by atoms with Crippen LogP contribution in [-0.2, 0) is 9.63 Å². The number of carboxylic acid groups (broad SMARTS) is 1. The lowest BCUT2D eigenvalue weighted by molar-refractivity contribution is -0.143. The minimum absolute atomic E-state index is 0.0338. The van der Waals surface area contributed by atoms with Crippen molar-refractivity contribution >= 4 is 17.6 Å². The number of rotatable bonds is 4. The van der Waals surface area contributed by atoms with Crippen LogP contribution in [0.3, 0.4) is 0 Å². The molecule has 1 aromatic carbocycles. The molecule has 1 N–H and O–H groups in total. The molecule has 1 aliphatic carbocycles. The highest BCUT2D eigenvalue weighted by Gasteiger charge is 2.30. The average molecular weight is 319 g/mol. The van der Waals surface area contributed by atoms with Crippen molar-refractivity contribution in [1.29, 1.82) is 0 Å². The highest BCUT2D eigenvalue weighted by atomic mass is 16.7. The maximum absolute atomic E-state index is 11.7. The van der Waals surface area contributed by atoms with Crippen molar-refractivity contribution in [1.82, 2.24) is 0 Å². The summed E-state index contributed by atoms with van der Waals surface area (Å²) in [7, 11) is 0. The minimum atomic E-state index is -1.00. The Balaban J connectivity index is 2.58. The van der Waals surface area contributed by atoms with Crippen LogP contribution < -0.4 is 5.06 Å². The number of benzene rings is 1. The van der Waals surface area contributed by atoms with Crippen LogP contribution in [0.15, 0.2) is 6.07 Å². The van der Waals surface area contributed by atoms with Crippen LogP contribution >= 0.6 is 0 Å². The predicted molar refractivity (Wildman–Crippen MR) is 88.7 cm³/mol. The summed E-state index contributed by atoms with van der Waals surface area (Å²) < 4.78 is 0. The molecule has 2 rings (SSSR count). The fourth-order valence-electron chi connectivity index (χ4n) is 3.27. The summed E-state index contributed by atoms with van der Waals surface area (Å²) in [6, 6.07) is 1.70. The summed E-state index contributed by atoms with van der Waals surface area (Å²) in [5, 5.41) is 11.2. The number of carboxylic acids is 1. The molecule has 0 spiro atoms. The van der Waals surface area contributed by atoms with E-state index in [1.54, 1.807) is 11.1 Å². The largest absolute Gasteiger partial charge is 0.478 e. The second-order valence-electron chi connectivity index (χ2n) is 6.35. The zero-order valence-corrected chi connectivity index (χ0v) is 14.3. The summed E-state index contributed by atoms with van der Waals surface area (Å²) in [6.45, 7) is 7.11. The van der Waals surface area contributed by atoms with Crippen molar-refractivity contribution < 1.29 is 19.5 Å². The first-order valence-electron chi connectivity index (χ1n) is 8.14. The molecule has 1 aromatic rings. The zero-order chi connectivity index (χ0) is 17.1. The molecule has 23 heavy (non-hydrogen) atoms. The zero-order valence-electron chi connectivity index (χ0n) is 14.3. The van der Waals surface area contributed by atoms with Crippen LogP contribution in [0.1, 0.15) is 66.1 Å². The van der Waals surface area contributed by atoms with Crippen molar-refractivity contribution in [3.05, 3.63) is 28.3 Å². The summed E-state index contributed by atoms with van der Waals surface area (Å²) in [5.41, 5.74) is 3.52. The molecular weight excluding hydrogens is 294 g/mol. The first-order chi connectivity index (χ1) is 10.8. The standard InChI is InChI=1S/C18H25NO4/c1-11-10-16(18(21)22)17(13(3)12(11)2)19(23-14(4)20)15-8-6-5-7-9-15/h10,15H,5-9H2,1-4H3,(H,21,22). The number of nitrogens with zero attached hydrogens (tertiary/aromatic N) is 1. The van der Waals surface area contributed by atoms with Gasteiger partial charge < -0.3 is 9.94 Å². The lowest BCUT2D eigenvalue weighted by atomic mass is 9.92. The molecule has 0 radical (unpaired) electrons. The highest BCUT2D eigenvalue weighted by molar-refractivity contribution is 5.96. The van der Waals surface area contributed by atoms with Crippen LogP contribution in [0.25, 0.3) is 0 Å². The molecule has 126 valence electrons. The average Bonchev–Trinajstić information content (AvgIpc) is 2.51. The van der Waals surface area contributed by atoms with Gasteiger partial charge in [-0.1, -0.05) is 19.3 Å². The number of hydrogen-bond acceptors (Lipinski definition) is 4. The monoisotopic (exact) mass is 319 g/mol. The van der Waals surface area contributed by atoms with E-state index >= 15 is 0 Å². The lowest BCUT2D eigenvalue weighted by Crippen LogP contribution is -2.39. The number of hydroxylamine groups is 1. The molecule has 0 amide bonds. The quantitative estimate of drug-likeness (QED) is 0.852. The Hall–Kier alpha value is -2.04. The van der Waals surface area contributed by atoms with Gasteiger partial charge in [-0.2, -0.15) is 0 Å². The first-order valence-corrected chi connectivity index (χ1v) is 8.14. The topological polar surface area (TPSA) is 66.8 Å². The first kappa shape index (κ1) is 17.3. The Bertz CT molecular complexity index is 618. The molecule has 0 atom stereocenters. The number of hydrogen-bond donors (Lipinski definition) is 1. The molecule has 0 bridgehead atoms. The summed E-state index contributed by atoms with van der Waals surface area (Å²) in [4.78, 5) is 28.8. The van der Waals surface area contributed by atoms with Gasteiger partial charge in [0, 0.05) is 6.92 Å². The third kappa shape index (κ3) is 3.66. The second kappa shape index (κ2) is 7.02. The molecule has 0 aliphatic heterocycles. The van der Waals surface area contributed by atoms with Crippen LogP contribution in [-0.4, -0.2) is 23.1 Å². The maximum Gasteiger partial charge on any atom is 0.337 e. The van der Waals surface area contributed by atoms with E-state index in [0.717, 1.165) is 42.4 Å². The highest BCUT2D eigenvalue weighted by Crippen LogP contribution is 2.35. The van der Waals surface area contributed by atoms with Gasteiger partial charge >= 0.3 is 11.9 Å². The van der Waals surface area contributed by atoms with Crippen molar-refractivity contribution in [2.75, 3.05) is 5.06 Å². The number of aromatic carboxylic acids is 1. The third-order valence-electron chi connectivity index (χ3n) is 4.71. The molecule has 0 heterocycles.